The Labute approximate surface area is 196 Å². The lowest BCUT2D eigenvalue weighted by atomic mass is 10.1. The fourth-order valence-corrected chi connectivity index (χ4v) is 4.95. The number of benzene rings is 2. The van der Waals surface area contributed by atoms with Gasteiger partial charge in [0, 0.05) is 21.7 Å². The Morgan fingerprint density at radius 1 is 1.26 bits per heavy atom. The fraction of sp³-hybridized carbons (Fsp3) is 0.105. The Morgan fingerprint density at radius 3 is 2.65 bits per heavy atom. The summed E-state index contributed by atoms with van der Waals surface area (Å²) in [6.45, 7) is -0.843. The maximum Gasteiger partial charge on any atom is 0.341 e. The number of imide groups is 1. The van der Waals surface area contributed by atoms with Gasteiger partial charge in [-0.1, -0.05) is 34.1 Å². The molecule has 160 valence electrons. The van der Waals surface area contributed by atoms with E-state index >= 15 is 0 Å². The zero-order valence-electron chi connectivity index (χ0n) is 15.4. The van der Waals surface area contributed by atoms with Crippen molar-refractivity contribution in [1.82, 2.24) is 4.90 Å². The first-order valence-electron chi connectivity index (χ1n) is 8.48. The molecule has 1 aliphatic rings. The van der Waals surface area contributed by atoms with Gasteiger partial charge in [0.05, 0.1) is 20.8 Å². The number of ether oxygens (including phenoxy) is 1. The first-order chi connectivity index (χ1) is 14.7. The highest BCUT2D eigenvalue weighted by molar-refractivity contribution is 9.11. The maximum atomic E-state index is 12.8. The van der Waals surface area contributed by atoms with Gasteiger partial charge in [-0.25, -0.2) is 4.79 Å². The van der Waals surface area contributed by atoms with E-state index in [1.54, 1.807) is 18.2 Å². The zero-order chi connectivity index (χ0) is 22.7. The Kier molecular flexibility index (Phi) is 7.13. The van der Waals surface area contributed by atoms with Crippen LogP contribution in [-0.4, -0.2) is 38.7 Å². The summed E-state index contributed by atoms with van der Waals surface area (Å²) in [4.78, 5) is 47.8. The molecule has 1 aliphatic heterocycles. The van der Waals surface area contributed by atoms with Gasteiger partial charge in [0.2, 0.25) is 0 Å². The van der Waals surface area contributed by atoms with Crippen LogP contribution in [0.2, 0.25) is 0 Å². The molecule has 0 bridgehead atoms. The van der Waals surface area contributed by atoms with E-state index in [4.69, 9.17) is 9.84 Å². The molecule has 0 atom stereocenters. The number of carboxylic acids is 1. The second kappa shape index (κ2) is 9.62. The largest absolute Gasteiger partial charge is 0.480 e. The average Bonchev–Trinajstić information content (AvgIpc) is 2.94. The number of carbonyl (C=O) groups excluding carboxylic acids is 2. The van der Waals surface area contributed by atoms with Gasteiger partial charge in [-0.3, -0.25) is 24.6 Å². The van der Waals surface area contributed by atoms with Crippen LogP contribution >= 0.6 is 43.6 Å². The van der Waals surface area contributed by atoms with Crippen LogP contribution in [0.5, 0.6) is 5.75 Å². The van der Waals surface area contributed by atoms with Gasteiger partial charge in [0.1, 0.15) is 5.75 Å². The van der Waals surface area contributed by atoms with Gasteiger partial charge in [0.25, 0.3) is 16.8 Å². The molecule has 1 heterocycles. The molecular formula is C19H12Br2N2O7S. The normalized spacial score (nSPS) is 14.9. The van der Waals surface area contributed by atoms with E-state index in [0.29, 0.717) is 26.3 Å². The smallest absolute Gasteiger partial charge is 0.341 e. The van der Waals surface area contributed by atoms with Crippen molar-refractivity contribution < 1.29 is 29.2 Å². The van der Waals surface area contributed by atoms with E-state index < -0.39 is 28.6 Å². The van der Waals surface area contributed by atoms with E-state index in [2.05, 4.69) is 31.9 Å². The molecular weight excluding hydrogens is 560 g/mol. The molecule has 9 nitrogen and oxygen atoms in total. The van der Waals surface area contributed by atoms with Gasteiger partial charge < -0.3 is 9.84 Å². The molecule has 1 fully saturated rings. The van der Waals surface area contributed by atoms with Crippen molar-refractivity contribution in [2.75, 3.05) is 6.61 Å². The summed E-state index contributed by atoms with van der Waals surface area (Å²) in [5.74, 6) is -1.60. The number of para-hydroxylation sites is 1. The summed E-state index contributed by atoms with van der Waals surface area (Å²) in [7, 11) is 0. The number of nitro groups is 1. The van der Waals surface area contributed by atoms with E-state index in [1.807, 2.05) is 0 Å². The van der Waals surface area contributed by atoms with E-state index in [1.165, 1.54) is 24.3 Å². The van der Waals surface area contributed by atoms with Crippen LogP contribution in [0.25, 0.3) is 6.08 Å². The minimum atomic E-state index is -1.18. The molecule has 1 N–H and O–H groups in total. The lowest BCUT2D eigenvalue weighted by molar-refractivity contribution is -0.385. The first-order valence-corrected chi connectivity index (χ1v) is 10.9. The number of carboxylic acid groups (broad SMARTS) is 1. The molecule has 0 aliphatic carbocycles. The van der Waals surface area contributed by atoms with Crippen LogP contribution in [0.1, 0.15) is 11.1 Å². The summed E-state index contributed by atoms with van der Waals surface area (Å²) in [5.41, 5.74) is 0.413. The fourth-order valence-electron chi connectivity index (χ4n) is 2.74. The molecule has 0 spiro atoms. The molecule has 0 unspecified atom stereocenters. The summed E-state index contributed by atoms with van der Waals surface area (Å²) >= 11 is 7.29. The van der Waals surface area contributed by atoms with Crippen molar-refractivity contribution in [1.29, 1.82) is 0 Å². The lowest BCUT2D eigenvalue weighted by Gasteiger charge is -2.13. The minimum absolute atomic E-state index is 0.0776. The van der Waals surface area contributed by atoms with Gasteiger partial charge in [0.15, 0.2) is 6.61 Å². The standard InChI is InChI=1S/C19H12Br2N2O7S/c20-12-5-11(17(13(21)7-12)30-9-16(24)25)6-15-18(26)22(19(27)31-15)8-10-3-1-2-4-14(10)23(28)29/h1-7H,8-9H2,(H,24,25)/b15-6-. The molecule has 2 amide bonds. The van der Waals surface area contributed by atoms with E-state index in [9.17, 15) is 24.5 Å². The number of halogens is 2. The van der Waals surface area contributed by atoms with Crippen molar-refractivity contribution in [3.8, 4) is 5.75 Å². The Hall–Kier alpha value is -2.70. The molecule has 2 aromatic carbocycles. The highest BCUT2D eigenvalue weighted by Gasteiger charge is 2.36. The van der Waals surface area contributed by atoms with Crippen LogP contribution in [0, 0.1) is 10.1 Å². The third kappa shape index (κ3) is 5.32. The van der Waals surface area contributed by atoms with Crippen molar-refractivity contribution in [2.24, 2.45) is 0 Å². The van der Waals surface area contributed by atoms with Crippen LogP contribution < -0.4 is 4.74 Å². The number of amides is 2. The highest BCUT2D eigenvalue weighted by atomic mass is 79.9. The number of carbonyl (C=O) groups is 3. The molecule has 3 rings (SSSR count). The number of thioether (sulfide) groups is 1. The predicted molar refractivity (Wildman–Crippen MR) is 120 cm³/mol. The quantitative estimate of drug-likeness (QED) is 0.285. The lowest BCUT2D eigenvalue weighted by Crippen LogP contribution is -2.27. The second-order valence-corrected chi connectivity index (χ2v) is 8.91. The Bertz CT molecular complexity index is 1140. The van der Waals surface area contributed by atoms with Crippen molar-refractivity contribution >= 4 is 72.5 Å². The van der Waals surface area contributed by atoms with Gasteiger partial charge in [-0.15, -0.1) is 0 Å². The average molecular weight is 572 g/mol. The topological polar surface area (TPSA) is 127 Å². The molecule has 12 heteroatoms. The third-order valence-electron chi connectivity index (χ3n) is 4.05. The molecule has 0 saturated carbocycles. The Morgan fingerprint density at radius 2 is 1.97 bits per heavy atom. The zero-order valence-corrected chi connectivity index (χ0v) is 19.4. The van der Waals surface area contributed by atoms with Crippen molar-refractivity contribution in [3.63, 3.8) is 0 Å². The second-order valence-electron chi connectivity index (χ2n) is 6.14. The monoisotopic (exact) mass is 570 g/mol. The molecule has 0 radical (unpaired) electrons. The highest BCUT2D eigenvalue weighted by Crippen LogP contribution is 2.39. The van der Waals surface area contributed by atoms with E-state index in [0.717, 1.165) is 4.90 Å². The van der Waals surface area contributed by atoms with Crippen LogP contribution in [0.3, 0.4) is 0 Å². The molecule has 0 aromatic heterocycles. The molecule has 2 aromatic rings. The maximum absolute atomic E-state index is 12.8. The van der Waals surface area contributed by atoms with Crippen LogP contribution in [0.4, 0.5) is 10.5 Å². The summed E-state index contributed by atoms with van der Waals surface area (Å²) < 4.78 is 6.40. The minimum Gasteiger partial charge on any atom is -0.480 e. The number of rotatable bonds is 7. The number of hydrogen-bond acceptors (Lipinski definition) is 7. The number of nitrogens with zero attached hydrogens (tertiary/aromatic N) is 2. The first kappa shape index (κ1) is 23.0. The Balaban J connectivity index is 1.92. The number of nitro benzene ring substituents is 1. The van der Waals surface area contributed by atoms with Crippen LogP contribution in [-0.2, 0) is 16.1 Å². The van der Waals surface area contributed by atoms with E-state index in [-0.39, 0.29) is 28.5 Å². The van der Waals surface area contributed by atoms with Gasteiger partial charge in [-0.05, 0) is 45.9 Å². The summed E-state index contributed by atoms with van der Waals surface area (Å²) in [6, 6.07) is 9.12. The third-order valence-corrected chi connectivity index (χ3v) is 6.01. The molecule has 31 heavy (non-hydrogen) atoms. The number of aliphatic carboxylic acids is 1. The van der Waals surface area contributed by atoms with Gasteiger partial charge in [-0.2, -0.15) is 0 Å². The van der Waals surface area contributed by atoms with Crippen LogP contribution in [0.15, 0.2) is 50.2 Å². The SMILES string of the molecule is O=C(O)COc1c(Br)cc(Br)cc1/C=C1\SC(=O)N(Cc2ccccc2[N+](=O)[O-])C1=O. The summed E-state index contributed by atoms with van der Waals surface area (Å²) in [5, 5.41) is 19.5. The van der Waals surface area contributed by atoms with Gasteiger partial charge >= 0.3 is 5.97 Å². The van der Waals surface area contributed by atoms with Crippen molar-refractivity contribution in [2.45, 2.75) is 6.54 Å². The van der Waals surface area contributed by atoms with Crippen molar-refractivity contribution in [3.05, 3.63) is 71.5 Å². The number of hydrogen-bond donors (Lipinski definition) is 1. The summed E-state index contributed by atoms with van der Waals surface area (Å²) in [6.07, 6.45) is 1.41. The molecule has 1 saturated heterocycles. The predicted octanol–water partition coefficient (Wildman–Crippen LogP) is 4.82.